The number of nitrogens with zero attached hydrogens (tertiary/aromatic N) is 2. The Hall–Kier alpha value is 1.37. The van der Waals surface area contributed by atoms with Crippen molar-refractivity contribution in [1.29, 1.82) is 0 Å². The maximum atomic E-state index is 4.46. The Bertz CT molecular complexity index is 164. The number of rotatable bonds is 1. The van der Waals surface area contributed by atoms with Crippen LogP contribution < -0.4 is 0 Å². The van der Waals surface area contributed by atoms with Gasteiger partial charge < -0.3 is 12.7 Å². The van der Waals surface area contributed by atoms with E-state index in [4.69, 9.17) is 0 Å². The van der Waals surface area contributed by atoms with E-state index in [2.05, 4.69) is 28.9 Å². The molecule has 4 heteroatoms. The molecular formula is C11H22N2SY-2. The smallest absolute Gasteiger partial charge is 0.0637 e. The summed E-state index contributed by atoms with van der Waals surface area (Å²) in [6.07, 6.45) is 3.94. The van der Waals surface area contributed by atoms with Crippen molar-refractivity contribution in [2.24, 2.45) is 0 Å². The van der Waals surface area contributed by atoms with Crippen molar-refractivity contribution in [3.05, 3.63) is 12.7 Å². The van der Waals surface area contributed by atoms with E-state index in [0.29, 0.717) is 4.87 Å². The molecule has 0 bridgehead atoms. The van der Waals surface area contributed by atoms with Gasteiger partial charge in [0, 0.05) is 39.3 Å². The normalized spacial score (nSPS) is 25.4. The van der Waals surface area contributed by atoms with Crippen LogP contribution >= 0.6 is 11.8 Å². The van der Waals surface area contributed by atoms with Crippen LogP contribution in [0.25, 0.3) is 5.32 Å². The van der Waals surface area contributed by atoms with Crippen molar-refractivity contribution in [2.75, 3.05) is 31.9 Å². The van der Waals surface area contributed by atoms with Crippen LogP contribution in [-0.4, -0.2) is 41.7 Å². The van der Waals surface area contributed by atoms with Crippen LogP contribution in [0.5, 0.6) is 0 Å². The van der Waals surface area contributed by atoms with Crippen LogP contribution in [0, 0.1) is 7.43 Å². The molecule has 2 heterocycles. The average Bonchev–Trinajstić information content (AvgIpc) is 2.20. The van der Waals surface area contributed by atoms with Crippen molar-refractivity contribution in [3.8, 4) is 0 Å². The van der Waals surface area contributed by atoms with Gasteiger partial charge in [-0.2, -0.15) is 0 Å². The first-order valence-corrected chi connectivity index (χ1v) is 6.38. The van der Waals surface area contributed by atoms with E-state index in [1.54, 1.807) is 0 Å². The Morgan fingerprint density at radius 3 is 2.60 bits per heavy atom. The van der Waals surface area contributed by atoms with Crippen LogP contribution in [0.1, 0.15) is 26.2 Å². The zero-order valence-electron chi connectivity index (χ0n) is 10.0. The first kappa shape index (κ1) is 16.4. The van der Waals surface area contributed by atoms with E-state index in [-0.39, 0.29) is 40.1 Å². The molecule has 2 rings (SSSR count). The van der Waals surface area contributed by atoms with Gasteiger partial charge in [-0.1, -0.05) is 6.92 Å². The molecule has 1 spiro atoms. The summed E-state index contributed by atoms with van der Waals surface area (Å²) in [4.78, 5) is 3.16. The third kappa shape index (κ3) is 3.67. The molecule has 0 amide bonds. The Morgan fingerprint density at radius 1 is 1.33 bits per heavy atom. The number of piperidine rings is 1. The largest absolute Gasteiger partial charge is 0.662 e. The van der Waals surface area contributed by atoms with Crippen LogP contribution in [-0.2, 0) is 32.7 Å². The van der Waals surface area contributed by atoms with Crippen LogP contribution in [0.4, 0.5) is 0 Å². The number of hydrogen-bond donors (Lipinski definition) is 0. The van der Waals surface area contributed by atoms with Crippen molar-refractivity contribution in [2.45, 2.75) is 31.1 Å². The molecule has 87 valence electrons. The SMILES string of the molecule is CCN1CCCSC12CC[N-]CC2.[CH3-].[Y]. The fraction of sp³-hybridized carbons (Fsp3) is 0.909. The average molecular weight is 303 g/mol. The summed E-state index contributed by atoms with van der Waals surface area (Å²) in [5, 5.41) is 4.46. The predicted molar refractivity (Wildman–Crippen MR) is 65.8 cm³/mol. The molecule has 0 atom stereocenters. The van der Waals surface area contributed by atoms with E-state index < -0.39 is 0 Å². The van der Waals surface area contributed by atoms with Gasteiger partial charge in [-0.15, -0.1) is 24.9 Å². The second-order valence-electron chi connectivity index (χ2n) is 3.90. The maximum absolute atomic E-state index is 4.46. The summed E-state index contributed by atoms with van der Waals surface area (Å²) in [7, 11) is 0. The van der Waals surface area contributed by atoms with Gasteiger partial charge >= 0.3 is 0 Å². The summed E-state index contributed by atoms with van der Waals surface area (Å²) in [6.45, 7) is 6.99. The van der Waals surface area contributed by atoms with Gasteiger partial charge in [0.2, 0.25) is 0 Å². The third-order valence-corrected chi connectivity index (χ3v) is 4.92. The molecule has 0 unspecified atom stereocenters. The summed E-state index contributed by atoms with van der Waals surface area (Å²) in [5.41, 5.74) is 0. The van der Waals surface area contributed by atoms with Crippen molar-refractivity contribution in [1.82, 2.24) is 4.90 Å². The van der Waals surface area contributed by atoms with Crippen molar-refractivity contribution in [3.63, 3.8) is 0 Å². The van der Waals surface area contributed by atoms with Gasteiger partial charge in [-0.25, -0.2) is 0 Å². The zero-order chi connectivity index (χ0) is 9.15. The van der Waals surface area contributed by atoms with Gasteiger partial charge in [0.1, 0.15) is 0 Å². The Morgan fingerprint density at radius 2 is 2.00 bits per heavy atom. The molecule has 1 radical (unpaired) electrons. The molecule has 15 heavy (non-hydrogen) atoms. The summed E-state index contributed by atoms with van der Waals surface area (Å²) < 4.78 is 0. The minimum Gasteiger partial charge on any atom is -0.662 e. The summed E-state index contributed by atoms with van der Waals surface area (Å²) in [5.74, 6) is 1.36. The molecule has 0 aliphatic carbocycles. The molecule has 2 aliphatic rings. The van der Waals surface area contributed by atoms with Gasteiger partial charge in [0.15, 0.2) is 0 Å². The molecule has 2 fully saturated rings. The standard InChI is InChI=1S/C10H19N2S.CH3.Y/c1-2-12-8-3-9-13-10(12)4-6-11-7-5-10;;/h2-9H2,1H3;1H3;/q2*-1;. The molecule has 0 aromatic heterocycles. The van der Waals surface area contributed by atoms with Gasteiger partial charge in [0.25, 0.3) is 0 Å². The molecular weight excluding hydrogens is 281 g/mol. The molecule has 0 saturated carbocycles. The third-order valence-electron chi connectivity index (χ3n) is 3.22. The zero-order valence-corrected chi connectivity index (χ0v) is 13.7. The molecule has 2 aliphatic heterocycles. The minimum atomic E-state index is 0. The summed E-state index contributed by atoms with van der Waals surface area (Å²) in [6, 6.07) is 0. The van der Waals surface area contributed by atoms with E-state index in [0.717, 1.165) is 13.1 Å². The van der Waals surface area contributed by atoms with Gasteiger partial charge in [-0.3, -0.25) is 4.90 Å². The molecule has 2 saturated heterocycles. The Kier molecular flexibility index (Phi) is 8.35. The Labute approximate surface area is 124 Å². The maximum Gasteiger partial charge on any atom is 0.0637 e. The van der Waals surface area contributed by atoms with E-state index in [1.807, 2.05) is 0 Å². The predicted octanol–water partition coefficient (Wildman–Crippen LogP) is 2.76. The molecule has 0 aromatic carbocycles. The first-order chi connectivity index (χ1) is 6.37. The second kappa shape index (κ2) is 7.65. The monoisotopic (exact) mass is 303 g/mol. The fourth-order valence-electron chi connectivity index (χ4n) is 2.46. The van der Waals surface area contributed by atoms with Crippen LogP contribution in [0.3, 0.4) is 0 Å². The van der Waals surface area contributed by atoms with Crippen molar-refractivity contribution < 1.29 is 32.7 Å². The topological polar surface area (TPSA) is 17.3 Å². The molecule has 2 nitrogen and oxygen atoms in total. The first-order valence-electron chi connectivity index (χ1n) is 5.40. The Balaban J connectivity index is 0.000000980. The summed E-state index contributed by atoms with van der Waals surface area (Å²) >= 11 is 2.19. The molecule has 0 aromatic rings. The van der Waals surface area contributed by atoms with Crippen molar-refractivity contribution >= 4 is 11.8 Å². The fourth-order valence-corrected chi connectivity index (χ4v) is 3.99. The number of thioether (sulfide) groups is 1. The van der Waals surface area contributed by atoms with Gasteiger partial charge in [0.05, 0.1) is 4.87 Å². The van der Waals surface area contributed by atoms with E-state index >= 15 is 0 Å². The van der Waals surface area contributed by atoms with Crippen LogP contribution in [0.15, 0.2) is 0 Å². The van der Waals surface area contributed by atoms with Gasteiger partial charge in [-0.05, 0) is 31.6 Å². The molecule has 0 N–H and O–H groups in total. The quantitative estimate of drug-likeness (QED) is 0.693. The van der Waals surface area contributed by atoms with Crippen LogP contribution in [0.2, 0.25) is 0 Å². The minimum absolute atomic E-state index is 0. The number of hydrogen-bond acceptors (Lipinski definition) is 2. The van der Waals surface area contributed by atoms with E-state index in [1.165, 1.54) is 38.1 Å². The van der Waals surface area contributed by atoms with E-state index in [9.17, 15) is 0 Å². The second-order valence-corrected chi connectivity index (χ2v) is 5.36.